The highest BCUT2D eigenvalue weighted by Gasteiger charge is 2.16. The Bertz CT molecular complexity index is 684. The molecule has 1 aliphatic rings. The van der Waals surface area contributed by atoms with E-state index in [0.717, 1.165) is 18.4 Å². The van der Waals surface area contributed by atoms with Crippen LogP contribution >= 0.6 is 0 Å². The molecule has 0 unspecified atom stereocenters. The van der Waals surface area contributed by atoms with E-state index in [2.05, 4.69) is 20.6 Å². The van der Waals surface area contributed by atoms with Gasteiger partial charge in [-0.15, -0.1) is 0 Å². The molecule has 0 atom stereocenters. The highest BCUT2D eigenvalue weighted by atomic mass is 19.1. The van der Waals surface area contributed by atoms with E-state index in [0.29, 0.717) is 30.6 Å². The normalized spacial score (nSPS) is 14.5. The van der Waals surface area contributed by atoms with Gasteiger partial charge in [0.25, 0.3) is 5.91 Å². The van der Waals surface area contributed by atoms with Gasteiger partial charge in [-0.05, 0) is 43.0 Å². The fourth-order valence-electron chi connectivity index (χ4n) is 2.87. The van der Waals surface area contributed by atoms with Gasteiger partial charge in [-0.2, -0.15) is 0 Å². The second kappa shape index (κ2) is 7.86. The zero-order valence-electron chi connectivity index (χ0n) is 13.5. The number of hydrogen-bond acceptors (Lipinski definition) is 4. The molecular weight excluding hydrogens is 307 g/mol. The molecule has 0 spiro atoms. The number of aromatic nitrogens is 2. The molecule has 1 aromatic carbocycles. The number of amides is 1. The fourth-order valence-corrected chi connectivity index (χ4v) is 2.87. The Balaban J connectivity index is 1.51. The first-order valence-electron chi connectivity index (χ1n) is 8.33. The third-order valence-electron chi connectivity index (χ3n) is 4.19. The van der Waals surface area contributed by atoms with Crippen molar-refractivity contribution in [1.29, 1.82) is 0 Å². The number of rotatable bonds is 6. The topological polar surface area (TPSA) is 66.9 Å². The van der Waals surface area contributed by atoms with Crippen LogP contribution in [-0.2, 0) is 6.42 Å². The number of anilines is 1. The molecule has 0 aliphatic heterocycles. The average molecular weight is 328 g/mol. The summed E-state index contributed by atoms with van der Waals surface area (Å²) in [5.74, 6) is 0.0214. The van der Waals surface area contributed by atoms with E-state index < -0.39 is 0 Å². The standard InChI is InChI=1S/C18H21FN4O/c19-14-7-5-13(6-8-14)9-11-20-17(24)16-10-12-21-18(23-16)22-15-3-1-2-4-15/h5-8,10,12,15H,1-4,9,11H2,(H,20,24)(H,21,22,23). The van der Waals surface area contributed by atoms with Crippen molar-refractivity contribution in [2.24, 2.45) is 0 Å². The van der Waals surface area contributed by atoms with E-state index in [1.165, 1.54) is 25.0 Å². The molecule has 0 bridgehead atoms. The molecule has 0 saturated heterocycles. The summed E-state index contributed by atoms with van der Waals surface area (Å²) < 4.78 is 12.9. The first kappa shape index (κ1) is 16.4. The van der Waals surface area contributed by atoms with Crippen molar-refractivity contribution in [1.82, 2.24) is 15.3 Å². The highest BCUT2D eigenvalue weighted by Crippen LogP contribution is 2.20. The fraction of sp³-hybridized carbons (Fsp3) is 0.389. The molecule has 1 amide bonds. The molecule has 1 heterocycles. The molecule has 0 radical (unpaired) electrons. The maximum Gasteiger partial charge on any atom is 0.270 e. The molecule has 3 rings (SSSR count). The van der Waals surface area contributed by atoms with Crippen LogP contribution in [0.3, 0.4) is 0 Å². The third-order valence-corrected chi connectivity index (χ3v) is 4.19. The number of nitrogens with zero attached hydrogens (tertiary/aromatic N) is 2. The number of nitrogens with one attached hydrogen (secondary N) is 2. The number of carbonyl (C=O) groups excluding carboxylic acids is 1. The van der Waals surface area contributed by atoms with Gasteiger partial charge in [0.05, 0.1) is 0 Å². The van der Waals surface area contributed by atoms with Crippen LogP contribution in [0.2, 0.25) is 0 Å². The minimum Gasteiger partial charge on any atom is -0.351 e. The number of benzene rings is 1. The molecule has 24 heavy (non-hydrogen) atoms. The largest absolute Gasteiger partial charge is 0.351 e. The van der Waals surface area contributed by atoms with Crippen molar-refractivity contribution < 1.29 is 9.18 Å². The Morgan fingerprint density at radius 2 is 1.92 bits per heavy atom. The molecule has 1 aliphatic carbocycles. The van der Waals surface area contributed by atoms with Gasteiger partial charge in [-0.3, -0.25) is 4.79 Å². The van der Waals surface area contributed by atoms with Crippen molar-refractivity contribution in [3.63, 3.8) is 0 Å². The van der Waals surface area contributed by atoms with Crippen molar-refractivity contribution in [3.8, 4) is 0 Å². The van der Waals surface area contributed by atoms with Crippen LogP contribution in [0.15, 0.2) is 36.5 Å². The first-order chi connectivity index (χ1) is 11.7. The van der Waals surface area contributed by atoms with Gasteiger partial charge in [0.15, 0.2) is 0 Å². The molecule has 6 heteroatoms. The maximum atomic E-state index is 12.9. The summed E-state index contributed by atoms with van der Waals surface area (Å²) in [6, 6.07) is 8.28. The van der Waals surface area contributed by atoms with Gasteiger partial charge in [-0.1, -0.05) is 25.0 Å². The predicted molar refractivity (Wildman–Crippen MR) is 90.3 cm³/mol. The Kier molecular flexibility index (Phi) is 5.36. The quantitative estimate of drug-likeness (QED) is 0.855. The molecule has 1 saturated carbocycles. The van der Waals surface area contributed by atoms with Gasteiger partial charge in [0.1, 0.15) is 11.5 Å². The molecule has 1 fully saturated rings. The van der Waals surface area contributed by atoms with Crippen LogP contribution in [0.4, 0.5) is 10.3 Å². The molecule has 1 aromatic heterocycles. The van der Waals surface area contributed by atoms with Gasteiger partial charge in [0, 0.05) is 18.8 Å². The zero-order valence-corrected chi connectivity index (χ0v) is 13.5. The average Bonchev–Trinajstić information content (AvgIpc) is 3.10. The summed E-state index contributed by atoms with van der Waals surface area (Å²) >= 11 is 0. The Morgan fingerprint density at radius 3 is 2.67 bits per heavy atom. The van der Waals surface area contributed by atoms with Gasteiger partial charge >= 0.3 is 0 Å². The van der Waals surface area contributed by atoms with E-state index in [9.17, 15) is 9.18 Å². The Hall–Kier alpha value is -2.50. The minimum absolute atomic E-state index is 0.228. The van der Waals surface area contributed by atoms with Crippen LogP contribution in [0.25, 0.3) is 0 Å². The lowest BCUT2D eigenvalue weighted by atomic mass is 10.1. The lowest BCUT2D eigenvalue weighted by molar-refractivity contribution is 0.0949. The van der Waals surface area contributed by atoms with E-state index in [4.69, 9.17) is 0 Å². The third kappa shape index (κ3) is 4.50. The van der Waals surface area contributed by atoms with E-state index in [1.54, 1.807) is 24.4 Å². The summed E-state index contributed by atoms with van der Waals surface area (Å²) in [6.45, 7) is 0.472. The summed E-state index contributed by atoms with van der Waals surface area (Å²) in [6.07, 6.45) is 6.93. The Morgan fingerprint density at radius 1 is 1.17 bits per heavy atom. The van der Waals surface area contributed by atoms with Crippen LogP contribution in [0.1, 0.15) is 41.7 Å². The maximum absolute atomic E-state index is 12.9. The molecule has 2 N–H and O–H groups in total. The monoisotopic (exact) mass is 328 g/mol. The number of carbonyl (C=O) groups is 1. The van der Waals surface area contributed by atoms with E-state index in [1.807, 2.05) is 0 Å². The second-order valence-electron chi connectivity index (χ2n) is 6.02. The Labute approximate surface area is 140 Å². The van der Waals surface area contributed by atoms with Crippen molar-refractivity contribution in [2.45, 2.75) is 38.1 Å². The number of hydrogen-bond donors (Lipinski definition) is 2. The lowest BCUT2D eigenvalue weighted by Gasteiger charge is -2.12. The SMILES string of the molecule is O=C(NCCc1ccc(F)cc1)c1ccnc(NC2CCCC2)n1. The smallest absolute Gasteiger partial charge is 0.270 e. The second-order valence-corrected chi connectivity index (χ2v) is 6.02. The van der Waals surface area contributed by atoms with Gasteiger partial charge in [0.2, 0.25) is 5.95 Å². The molecular formula is C18H21FN4O. The summed E-state index contributed by atoms with van der Waals surface area (Å²) in [4.78, 5) is 20.7. The predicted octanol–water partition coefficient (Wildman–Crippen LogP) is 2.94. The van der Waals surface area contributed by atoms with E-state index >= 15 is 0 Å². The van der Waals surface area contributed by atoms with Crippen LogP contribution < -0.4 is 10.6 Å². The lowest BCUT2D eigenvalue weighted by Crippen LogP contribution is -2.27. The van der Waals surface area contributed by atoms with Crippen LogP contribution in [-0.4, -0.2) is 28.5 Å². The van der Waals surface area contributed by atoms with Crippen molar-refractivity contribution in [2.75, 3.05) is 11.9 Å². The van der Waals surface area contributed by atoms with Crippen LogP contribution in [0.5, 0.6) is 0 Å². The van der Waals surface area contributed by atoms with Gasteiger partial charge in [-0.25, -0.2) is 14.4 Å². The summed E-state index contributed by atoms with van der Waals surface area (Å²) in [5.41, 5.74) is 1.33. The number of halogens is 1. The highest BCUT2D eigenvalue weighted by molar-refractivity contribution is 5.92. The van der Waals surface area contributed by atoms with Crippen molar-refractivity contribution in [3.05, 3.63) is 53.6 Å². The molecule has 5 nitrogen and oxygen atoms in total. The first-order valence-corrected chi connectivity index (χ1v) is 8.33. The molecule has 2 aromatic rings. The zero-order chi connectivity index (χ0) is 16.8. The summed E-state index contributed by atoms with van der Waals surface area (Å²) in [7, 11) is 0. The minimum atomic E-state index is -0.258. The van der Waals surface area contributed by atoms with Crippen molar-refractivity contribution >= 4 is 11.9 Å². The summed E-state index contributed by atoms with van der Waals surface area (Å²) in [5, 5.41) is 6.12. The van der Waals surface area contributed by atoms with Gasteiger partial charge < -0.3 is 10.6 Å². The van der Waals surface area contributed by atoms with Crippen LogP contribution in [0, 0.1) is 5.82 Å². The van der Waals surface area contributed by atoms with E-state index in [-0.39, 0.29) is 11.7 Å². The molecule has 126 valence electrons.